The van der Waals surface area contributed by atoms with E-state index in [1.807, 2.05) is 26.0 Å². The Kier molecular flexibility index (Phi) is 12.7. The van der Waals surface area contributed by atoms with Crippen molar-refractivity contribution in [2.45, 2.75) is 103 Å². The lowest BCUT2D eigenvalue weighted by Gasteiger charge is -2.53. The van der Waals surface area contributed by atoms with Gasteiger partial charge in [0, 0.05) is 42.5 Å². The van der Waals surface area contributed by atoms with Crippen molar-refractivity contribution < 1.29 is 14.5 Å². The monoisotopic (exact) mass is 655 g/mol. The number of halogens is 1. The molecule has 0 bridgehead atoms. The Morgan fingerprint density at radius 1 is 0.978 bits per heavy atom. The van der Waals surface area contributed by atoms with E-state index in [1.54, 1.807) is 17.0 Å². The minimum Gasteiger partial charge on any atom is -0.369 e. The number of nitrogens with two attached hydrogens (primary N) is 1. The third-order valence-electron chi connectivity index (χ3n) is 11.5. The fraction of sp³-hybridized carbons (Fsp3) is 0.667. The number of carbonyl (C=O) groups excluding carboxylic acids is 2. The van der Waals surface area contributed by atoms with Crippen molar-refractivity contribution in [2.75, 3.05) is 26.2 Å². The highest BCUT2D eigenvalue weighted by Gasteiger charge is 2.47. The summed E-state index contributed by atoms with van der Waals surface area (Å²) in [5.74, 6) is 0.786. The molecule has 46 heavy (non-hydrogen) atoms. The highest BCUT2D eigenvalue weighted by atomic mass is 35.5. The van der Waals surface area contributed by atoms with Gasteiger partial charge in [-0.05, 0) is 87.8 Å². The number of rotatable bonds is 10. The summed E-state index contributed by atoms with van der Waals surface area (Å²) in [6.45, 7) is 6.69. The van der Waals surface area contributed by atoms with Gasteiger partial charge in [-0.1, -0.05) is 69.7 Å². The van der Waals surface area contributed by atoms with E-state index in [4.69, 9.17) is 5.73 Å². The van der Waals surface area contributed by atoms with Gasteiger partial charge >= 0.3 is 6.03 Å². The van der Waals surface area contributed by atoms with Crippen LogP contribution in [-0.2, 0) is 4.79 Å². The summed E-state index contributed by atoms with van der Waals surface area (Å²) in [6.07, 6.45) is 20.9. The molecule has 2 atom stereocenters. The van der Waals surface area contributed by atoms with E-state index in [0.717, 1.165) is 41.9 Å². The van der Waals surface area contributed by atoms with Gasteiger partial charge < -0.3 is 16.0 Å². The number of likely N-dealkylation sites (tertiary alicyclic amines) is 1. The molecule has 0 aromatic heterocycles. The second kappa shape index (κ2) is 16.3. The molecule has 1 saturated heterocycles. The Morgan fingerprint density at radius 2 is 1.54 bits per heavy atom. The van der Waals surface area contributed by atoms with Crippen molar-refractivity contribution in [1.82, 2.24) is 15.1 Å². The molecule has 2 unspecified atom stereocenters. The molecule has 0 radical (unpaired) electrons. The fourth-order valence-corrected chi connectivity index (χ4v) is 8.98. The number of piperidine rings is 1. The molecule has 1 aromatic rings. The number of non-ortho nitro benzene ring substituents is 1. The van der Waals surface area contributed by atoms with Crippen molar-refractivity contribution >= 4 is 30.0 Å². The molecule has 2 aliphatic heterocycles. The third kappa shape index (κ3) is 8.14. The summed E-state index contributed by atoms with van der Waals surface area (Å²) in [4.78, 5) is 40.8. The number of amides is 3. The Hall–Kier alpha value is -2.91. The average molecular weight is 656 g/mol. The number of nitro benzene ring substituents is 1. The lowest BCUT2D eigenvalue weighted by molar-refractivity contribution is -0.384. The van der Waals surface area contributed by atoms with E-state index in [2.05, 4.69) is 10.2 Å². The van der Waals surface area contributed by atoms with Crippen molar-refractivity contribution in [3.63, 3.8) is 0 Å². The summed E-state index contributed by atoms with van der Waals surface area (Å²) < 4.78 is 0. The molecule has 10 heteroatoms. The van der Waals surface area contributed by atoms with Crippen LogP contribution in [0.25, 0.3) is 0 Å². The van der Waals surface area contributed by atoms with E-state index in [1.165, 1.54) is 89.2 Å². The quantitative estimate of drug-likeness (QED) is 0.198. The van der Waals surface area contributed by atoms with E-state index < -0.39 is 10.8 Å². The molecule has 254 valence electrons. The molecule has 0 spiro atoms. The van der Waals surface area contributed by atoms with Crippen LogP contribution in [0.4, 0.5) is 10.5 Å². The smallest absolute Gasteiger partial charge is 0.325 e. The number of nitrogens with zero attached hydrogens (tertiary/aromatic N) is 3. The van der Waals surface area contributed by atoms with Gasteiger partial charge in [-0.25, -0.2) is 4.79 Å². The molecular formula is C36H54ClN5O4. The zero-order chi connectivity index (χ0) is 32.0. The van der Waals surface area contributed by atoms with Gasteiger partial charge in [0.25, 0.3) is 5.69 Å². The molecule has 1 aromatic carbocycles. The summed E-state index contributed by atoms with van der Waals surface area (Å²) in [5.41, 5.74) is 8.98. The predicted octanol–water partition coefficient (Wildman–Crippen LogP) is 7.67. The Balaban J connectivity index is 0.00000480. The molecule has 2 heterocycles. The van der Waals surface area contributed by atoms with Crippen molar-refractivity contribution in [1.29, 1.82) is 0 Å². The first-order chi connectivity index (χ1) is 21.7. The fourth-order valence-electron chi connectivity index (χ4n) is 8.98. The van der Waals surface area contributed by atoms with E-state index in [-0.39, 0.29) is 42.5 Å². The molecule has 2 aliphatic carbocycles. The van der Waals surface area contributed by atoms with Gasteiger partial charge in [0.15, 0.2) is 0 Å². The van der Waals surface area contributed by atoms with Crippen LogP contribution in [-0.4, -0.2) is 52.8 Å². The summed E-state index contributed by atoms with van der Waals surface area (Å²) in [5, 5.41) is 14.1. The van der Waals surface area contributed by atoms with Crippen molar-refractivity contribution in [3.8, 4) is 0 Å². The molecular weight excluding hydrogens is 602 g/mol. The maximum Gasteiger partial charge on any atom is 0.325 e. The van der Waals surface area contributed by atoms with Crippen LogP contribution in [0.2, 0.25) is 0 Å². The number of primary amides is 1. The number of hydrogen-bond acceptors (Lipinski definition) is 5. The number of nitro groups is 1. The first-order valence-corrected chi connectivity index (χ1v) is 17.4. The topological polar surface area (TPSA) is 122 Å². The van der Waals surface area contributed by atoms with Gasteiger partial charge in [-0.15, -0.1) is 12.4 Å². The van der Waals surface area contributed by atoms with Crippen LogP contribution in [0.3, 0.4) is 0 Å². The van der Waals surface area contributed by atoms with Crippen LogP contribution in [0, 0.1) is 33.3 Å². The Labute approximate surface area is 281 Å². The van der Waals surface area contributed by atoms with Crippen LogP contribution in [0.5, 0.6) is 0 Å². The standard InChI is InChI=1S/C36H53N5O4.ClH/c1-3-32-23-28(27-14-16-33(17-15-27)41(44)45)22-26(2)40(32)35(43)38-24-29(34(37)42)25-39-20-18-36(19-21-39,30-10-6-4-7-11-30)31-12-8-5-9-13-31;/h14-17,22-23,28-31H,3-13,18-21,24-25H2,1-2H3,(H2,37,42)(H,38,43);1H. The molecule has 2 saturated carbocycles. The SMILES string of the molecule is CCC1=CC(c2ccc([N+](=O)[O-])cc2)C=C(C)N1C(=O)NCC(CN1CCC(C2CCCCC2)(C2CCCCC2)CC1)C(N)=O.Cl. The highest BCUT2D eigenvalue weighted by Crippen LogP contribution is 2.54. The third-order valence-corrected chi connectivity index (χ3v) is 11.5. The van der Waals surface area contributed by atoms with Crippen LogP contribution >= 0.6 is 12.4 Å². The van der Waals surface area contributed by atoms with Crippen LogP contribution < -0.4 is 11.1 Å². The summed E-state index contributed by atoms with van der Waals surface area (Å²) in [7, 11) is 0. The Bertz CT molecular complexity index is 1240. The van der Waals surface area contributed by atoms with Crippen molar-refractivity contribution in [2.24, 2.45) is 28.9 Å². The molecule has 5 rings (SSSR count). The number of urea groups is 1. The molecule has 3 fully saturated rings. The molecule has 3 N–H and O–H groups in total. The molecule has 9 nitrogen and oxygen atoms in total. The maximum absolute atomic E-state index is 13.5. The first kappa shape index (κ1) is 35.9. The number of hydrogen-bond donors (Lipinski definition) is 2. The first-order valence-electron chi connectivity index (χ1n) is 17.4. The second-order valence-corrected chi connectivity index (χ2v) is 14.0. The van der Waals surface area contributed by atoms with E-state index in [0.29, 0.717) is 18.4 Å². The van der Waals surface area contributed by atoms with Gasteiger partial charge in [0.2, 0.25) is 5.91 Å². The van der Waals surface area contributed by atoms with Gasteiger partial charge in [0.1, 0.15) is 0 Å². The van der Waals surface area contributed by atoms with Crippen LogP contribution in [0.1, 0.15) is 109 Å². The second-order valence-electron chi connectivity index (χ2n) is 14.0. The number of benzene rings is 1. The Morgan fingerprint density at radius 3 is 2.04 bits per heavy atom. The zero-order valence-corrected chi connectivity index (χ0v) is 28.6. The lowest BCUT2D eigenvalue weighted by atomic mass is 9.55. The summed E-state index contributed by atoms with van der Waals surface area (Å²) in [6, 6.07) is 6.28. The van der Waals surface area contributed by atoms with E-state index in [9.17, 15) is 19.7 Å². The maximum atomic E-state index is 13.5. The van der Waals surface area contributed by atoms with Gasteiger partial charge in [0.05, 0.1) is 10.8 Å². The largest absolute Gasteiger partial charge is 0.369 e. The minimum atomic E-state index is -0.457. The van der Waals surface area contributed by atoms with Gasteiger partial charge in [-0.3, -0.25) is 19.8 Å². The predicted molar refractivity (Wildman–Crippen MR) is 184 cm³/mol. The normalized spacial score (nSPS) is 23.4. The lowest BCUT2D eigenvalue weighted by Crippen LogP contribution is -2.52. The van der Waals surface area contributed by atoms with Crippen LogP contribution in [0.15, 0.2) is 47.8 Å². The zero-order valence-electron chi connectivity index (χ0n) is 27.8. The van der Waals surface area contributed by atoms with E-state index >= 15 is 0 Å². The number of nitrogens with one attached hydrogen (secondary N) is 1. The molecule has 3 amide bonds. The molecule has 4 aliphatic rings. The number of allylic oxidation sites excluding steroid dienone is 4. The minimum absolute atomic E-state index is 0. The number of carbonyl (C=O) groups is 2. The highest BCUT2D eigenvalue weighted by molar-refractivity contribution is 5.85. The van der Waals surface area contributed by atoms with Crippen molar-refractivity contribution in [3.05, 3.63) is 63.5 Å². The van der Waals surface area contributed by atoms with Gasteiger partial charge in [-0.2, -0.15) is 0 Å². The average Bonchev–Trinajstić information content (AvgIpc) is 3.07. The summed E-state index contributed by atoms with van der Waals surface area (Å²) >= 11 is 0.